The summed E-state index contributed by atoms with van der Waals surface area (Å²) in [5.74, 6) is -0.202. The van der Waals surface area contributed by atoms with Gasteiger partial charge in [-0.2, -0.15) is 5.10 Å². The fourth-order valence-electron chi connectivity index (χ4n) is 2.82. The fraction of sp³-hybridized carbons (Fsp3) is 0.238. The number of carbonyl (C=O) groups is 1. The quantitative estimate of drug-likeness (QED) is 0.463. The van der Waals surface area contributed by atoms with Gasteiger partial charge in [-0.3, -0.25) is 0 Å². The van der Waals surface area contributed by atoms with Gasteiger partial charge in [-0.1, -0.05) is 30.3 Å². The van der Waals surface area contributed by atoms with Crippen LogP contribution in [0.3, 0.4) is 0 Å². The van der Waals surface area contributed by atoms with E-state index in [4.69, 9.17) is 4.74 Å². The van der Waals surface area contributed by atoms with E-state index in [0.717, 1.165) is 17.0 Å². The van der Waals surface area contributed by atoms with Crippen LogP contribution in [0.5, 0.6) is 0 Å². The third-order valence-electron chi connectivity index (χ3n) is 3.88. The Bertz CT molecular complexity index is 842. The van der Waals surface area contributed by atoms with Crippen LogP contribution in [0.4, 0.5) is 4.79 Å². The van der Waals surface area contributed by atoms with Crippen molar-refractivity contribution < 1.29 is 9.53 Å². The molecule has 27 heavy (non-hydrogen) atoms. The second-order valence-corrected chi connectivity index (χ2v) is 7.16. The standard InChI is InChI=1S/C21H24N4O2/c1-21(2,3)27-20(26)25-24-19(15-9-5-4-6-10-15)18(16-11-7-13-22-16)17-12-8-14-23-17/h4-14,18,22-23H,1-3H3,(H,25,26)/b24-19+. The normalized spacial score (nSPS) is 12.2. The predicted octanol–water partition coefficient (Wildman–Crippen LogP) is 4.40. The molecule has 0 saturated heterocycles. The average Bonchev–Trinajstić information content (AvgIpc) is 3.32. The SMILES string of the molecule is CC(C)(C)OC(=O)N/N=C(\c1ccccc1)C(c1ccc[nH]1)c1ccc[nH]1. The Labute approximate surface area is 158 Å². The van der Waals surface area contributed by atoms with E-state index in [9.17, 15) is 4.79 Å². The zero-order valence-electron chi connectivity index (χ0n) is 15.7. The van der Waals surface area contributed by atoms with Crippen LogP contribution in [-0.4, -0.2) is 27.4 Å². The molecule has 0 bridgehead atoms. The molecule has 0 aliphatic carbocycles. The average molecular weight is 364 g/mol. The minimum atomic E-state index is -0.592. The number of ether oxygens (including phenoxy) is 1. The molecule has 2 heterocycles. The summed E-state index contributed by atoms with van der Waals surface area (Å²) < 4.78 is 5.31. The molecule has 140 valence electrons. The van der Waals surface area contributed by atoms with E-state index in [1.54, 1.807) is 0 Å². The van der Waals surface area contributed by atoms with Gasteiger partial charge in [0.15, 0.2) is 0 Å². The third kappa shape index (κ3) is 4.88. The van der Waals surface area contributed by atoms with Crippen LogP contribution in [0, 0.1) is 0 Å². The van der Waals surface area contributed by atoms with Crippen molar-refractivity contribution in [2.45, 2.75) is 32.3 Å². The van der Waals surface area contributed by atoms with Gasteiger partial charge in [-0.05, 0) is 50.6 Å². The second-order valence-electron chi connectivity index (χ2n) is 7.16. The van der Waals surface area contributed by atoms with E-state index < -0.39 is 11.7 Å². The Balaban J connectivity index is 2.00. The summed E-state index contributed by atoms with van der Waals surface area (Å²) in [7, 11) is 0. The highest BCUT2D eigenvalue weighted by Crippen LogP contribution is 2.27. The van der Waals surface area contributed by atoms with Crippen molar-refractivity contribution in [2.75, 3.05) is 0 Å². The van der Waals surface area contributed by atoms with Gasteiger partial charge in [0.05, 0.1) is 11.6 Å². The van der Waals surface area contributed by atoms with Gasteiger partial charge >= 0.3 is 6.09 Å². The molecule has 6 nitrogen and oxygen atoms in total. The molecular weight excluding hydrogens is 340 g/mol. The lowest BCUT2D eigenvalue weighted by atomic mass is 9.91. The van der Waals surface area contributed by atoms with Crippen molar-refractivity contribution in [3.8, 4) is 0 Å². The number of hydrazone groups is 1. The van der Waals surface area contributed by atoms with E-state index in [0.29, 0.717) is 5.71 Å². The number of nitrogens with one attached hydrogen (secondary N) is 3. The molecule has 0 atom stereocenters. The molecule has 0 aliphatic rings. The number of carbonyl (C=O) groups excluding carboxylic acids is 1. The Morgan fingerprint density at radius 2 is 1.56 bits per heavy atom. The molecule has 2 aromatic heterocycles. The van der Waals surface area contributed by atoms with Gasteiger partial charge in [0.2, 0.25) is 0 Å². The van der Waals surface area contributed by atoms with Crippen LogP contribution in [0.2, 0.25) is 0 Å². The summed E-state index contributed by atoms with van der Waals surface area (Å²) in [6.45, 7) is 5.44. The number of rotatable bonds is 5. The minimum absolute atomic E-state index is 0.202. The number of H-pyrrole nitrogens is 2. The van der Waals surface area contributed by atoms with Crippen LogP contribution in [0.25, 0.3) is 0 Å². The first-order valence-electron chi connectivity index (χ1n) is 8.82. The van der Waals surface area contributed by atoms with Gasteiger partial charge in [-0.25, -0.2) is 10.2 Å². The summed E-state index contributed by atoms with van der Waals surface area (Å²) in [5.41, 5.74) is 5.48. The number of aromatic amines is 2. The van der Waals surface area contributed by atoms with E-state index in [-0.39, 0.29) is 5.92 Å². The Morgan fingerprint density at radius 3 is 2.04 bits per heavy atom. The number of aromatic nitrogens is 2. The van der Waals surface area contributed by atoms with Crippen LogP contribution in [-0.2, 0) is 4.74 Å². The highest BCUT2D eigenvalue weighted by molar-refractivity contribution is 6.06. The first kappa shape index (κ1) is 18.5. The molecule has 0 saturated carbocycles. The van der Waals surface area contributed by atoms with Crippen molar-refractivity contribution in [3.63, 3.8) is 0 Å². The number of benzene rings is 1. The van der Waals surface area contributed by atoms with Crippen LogP contribution < -0.4 is 5.43 Å². The molecule has 0 radical (unpaired) electrons. The monoisotopic (exact) mass is 364 g/mol. The van der Waals surface area contributed by atoms with Crippen LogP contribution >= 0.6 is 0 Å². The highest BCUT2D eigenvalue weighted by Gasteiger charge is 2.25. The van der Waals surface area contributed by atoms with E-state index in [1.807, 2.05) is 87.8 Å². The van der Waals surface area contributed by atoms with Gasteiger partial charge in [-0.15, -0.1) is 0 Å². The summed E-state index contributed by atoms with van der Waals surface area (Å²) in [6.07, 6.45) is 3.15. The zero-order valence-corrected chi connectivity index (χ0v) is 15.7. The maximum atomic E-state index is 12.1. The molecule has 0 fully saturated rings. The number of amides is 1. The number of hydrogen-bond acceptors (Lipinski definition) is 3. The van der Waals surface area contributed by atoms with Crippen molar-refractivity contribution in [2.24, 2.45) is 5.10 Å². The summed E-state index contributed by atoms with van der Waals surface area (Å²) >= 11 is 0. The van der Waals surface area contributed by atoms with E-state index in [1.165, 1.54) is 0 Å². The molecule has 6 heteroatoms. The minimum Gasteiger partial charge on any atom is -0.443 e. The molecule has 0 aliphatic heterocycles. The Kier molecular flexibility index (Phi) is 5.45. The molecule has 0 unspecified atom stereocenters. The summed E-state index contributed by atoms with van der Waals surface area (Å²) in [6, 6.07) is 17.6. The summed E-state index contributed by atoms with van der Waals surface area (Å²) in [5, 5.41) is 4.44. The van der Waals surface area contributed by atoms with Crippen LogP contribution in [0.1, 0.15) is 43.6 Å². The first-order valence-corrected chi connectivity index (χ1v) is 8.82. The number of nitrogens with zero attached hydrogens (tertiary/aromatic N) is 1. The van der Waals surface area contributed by atoms with Crippen molar-refractivity contribution in [3.05, 3.63) is 83.9 Å². The lowest BCUT2D eigenvalue weighted by molar-refractivity contribution is 0.0529. The molecule has 3 N–H and O–H groups in total. The van der Waals surface area contributed by atoms with Gasteiger partial charge < -0.3 is 14.7 Å². The van der Waals surface area contributed by atoms with Crippen LogP contribution in [0.15, 0.2) is 72.1 Å². The third-order valence-corrected chi connectivity index (χ3v) is 3.88. The Hall–Kier alpha value is -3.28. The maximum absolute atomic E-state index is 12.1. The highest BCUT2D eigenvalue weighted by atomic mass is 16.6. The lowest BCUT2D eigenvalue weighted by Crippen LogP contribution is -2.31. The molecule has 0 spiro atoms. The largest absolute Gasteiger partial charge is 0.443 e. The van der Waals surface area contributed by atoms with E-state index >= 15 is 0 Å². The Morgan fingerprint density at radius 1 is 0.963 bits per heavy atom. The van der Waals surface area contributed by atoms with Crippen molar-refractivity contribution in [1.82, 2.24) is 15.4 Å². The number of hydrogen-bond donors (Lipinski definition) is 3. The van der Waals surface area contributed by atoms with E-state index in [2.05, 4.69) is 20.5 Å². The molecule has 1 amide bonds. The molecule has 1 aromatic carbocycles. The smallest absolute Gasteiger partial charge is 0.428 e. The molecule has 3 rings (SSSR count). The summed E-state index contributed by atoms with van der Waals surface area (Å²) in [4.78, 5) is 18.6. The zero-order chi connectivity index (χ0) is 19.3. The first-order chi connectivity index (χ1) is 12.9. The maximum Gasteiger partial charge on any atom is 0.428 e. The molecule has 3 aromatic rings. The second kappa shape index (κ2) is 7.95. The lowest BCUT2D eigenvalue weighted by Gasteiger charge is -2.20. The van der Waals surface area contributed by atoms with Gasteiger partial charge in [0.1, 0.15) is 5.60 Å². The van der Waals surface area contributed by atoms with Crippen molar-refractivity contribution >= 4 is 11.8 Å². The van der Waals surface area contributed by atoms with Gasteiger partial charge in [0.25, 0.3) is 0 Å². The van der Waals surface area contributed by atoms with Crippen molar-refractivity contribution in [1.29, 1.82) is 0 Å². The van der Waals surface area contributed by atoms with Gasteiger partial charge in [0, 0.05) is 23.8 Å². The topological polar surface area (TPSA) is 82.3 Å². The molecular formula is C21H24N4O2. The fourth-order valence-corrected chi connectivity index (χ4v) is 2.82. The predicted molar refractivity (Wildman–Crippen MR) is 106 cm³/mol.